The molecule has 6 heteroatoms. The Morgan fingerprint density at radius 2 is 2.04 bits per heavy atom. The predicted octanol–water partition coefficient (Wildman–Crippen LogP) is 2.66. The molecular formula is C18H20N2O4. The van der Waals surface area contributed by atoms with E-state index in [4.69, 9.17) is 4.42 Å². The molecule has 1 saturated heterocycles. The minimum atomic E-state index is -0.940. The number of aryl methyl sites for hydroxylation is 1. The molecule has 0 bridgehead atoms. The van der Waals surface area contributed by atoms with Gasteiger partial charge in [-0.1, -0.05) is 18.2 Å². The van der Waals surface area contributed by atoms with Crippen LogP contribution >= 0.6 is 0 Å². The second-order valence-corrected chi connectivity index (χ2v) is 6.00. The highest BCUT2D eigenvalue weighted by Gasteiger charge is 2.32. The number of likely N-dealkylation sites (tertiary alicyclic amines) is 1. The summed E-state index contributed by atoms with van der Waals surface area (Å²) in [4.78, 5) is 29.8. The molecule has 3 rings (SSSR count). The summed E-state index contributed by atoms with van der Waals surface area (Å²) in [5, 5.41) is 9.30. The number of oxazole rings is 1. The van der Waals surface area contributed by atoms with Crippen LogP contribution < -0.4 is 0 Å². The summed E-state index contributed by atoms with van der Waals surface area (Å²) < 4.78 is 5.67. The molecule has 1 amide bonds. The molecule has 2 heterocycles. The molecule has 1 aliphatic heterocycles. The number of carboxylic acids is 1. The van der Waals surface area contributed by atoms with E-state index in [1.165, 1.54) is 4.90 Å². The fourth-order valence-electron chi connectivity index (χ4n) is 3.03. The number of rotatable bonds is 4. The van der Waals surface area contributed by atoms with Gasteiger partial charge in [-0.3, -0.25) is 4.79 Å². The first-order valence-electron chi connectivity index (χ1n) is 8.10. The monoisotopic (exact) mass is 328 g/mol. The Balaban J connectivity index is 1.77. The van der Waals surface area contributed by atoms with Crippen molar-refractivity contribution in [2.45, 2.75) is 38.6 Å². The average molecular weight is 328 g/mol. The van der Waals surface area contributed by atoms with Crippen LogP contribution in [-0.4, -0.2) is 39.5 Å². The molecule has 1 atom stereocenters. The van der Waals surface area contributed by atoms with E-state index in [2.05, 4.69) is 4.98 Å². The van der Waals surface area contributed by atoms with Gasteiger partial charge >= 0.3 is 5.97 Å². The lowest BCUT2D eigenvalue weighted by Crippen LogP contribution is -2.48. The van der Waals surface area contributed by atoms with Crippen molar-refractivity contribution in [2.75, 3.05) is 6.54 Å². The summed E-state index contributed by atoms with van der Waals surface area (Å²) in [6.07, 6.45) is 2.24. The molecule has 1 N–H and O–H groups in total. The molecule has 0 spiro atoms. The second kappa shape index (κ2) is 6.86. The minimum absolute atomic E-state index is 0.0615. The molecule has 0 aliphatic carbocycles. The molecule has 1 fully saturated rings. The number of amides is 1. The standard InChI is InChI=1S/C18H20N2O4/c1-12-14(19-17(24-12)13-7-3-2-4-8-13)11-16(21)20-10-6-5-9-15(20)18(22)23/h2-4,7-8,15H,5-6,9-11H2,1H3,(H,22,23)/t15-/m1/s1. The second-order valence-electron chi connectivity index (χ2n) is 6.00. The topological polar surface area (TPSA) is 83.6 Å². The zero-order valence-electron chi connectivity index (χ0n) is 13.6. The van der Waals surface area contributed by atoms with Gasteiger partial charge < -0.3 is 14.4 Å². The number of benzene rings is 1. The molecule has 1 aliphatic rings. The number of aromatic nitrogens is 1. The maximum absolute atomic E-state index is 12.6. The van der Waals surface area contributed by atoms with E-state index in [9.17, 15) is 14.7 Å². The van der Waals surface area contributed by atoms with Crippen molar-refractivity contribution in [1.29, 1.82) is 0 Å². The lowest BCUT2D eigenvalue weighted by molar-refractivity contribution is -0.151. The van der Waals surface area contributed by atoms with E-state index in [0.29, 0.717) is 30.3 Å². The van der Waals surface area contributed by atoms with Crippen LogP contribution in [0.15, 0.2) is 34.7 Å². The van der Waals surface area contributed by atoms with Crippen LogP contribution in [0.1, 0.15) is 30.7 Å². The molecule has 0 unspecified atom stereocenters. The molecule has 24 heavy (non-hydrogen) atoms. The van der Waals surface area contributed by atoms with Gasteiger partial charge in [0.1, 0.15) is 11.8 Å². The van der Waals surface area contributed by atoms with E-state index in [1.807, 2.05) is 30.3 Å². The summed E-state index contributed by atoms with van der Waals surface area (Å²) in [5.74, 6) is -0.0848. The smallest absolute Gasteiger partial charge is 0.326 e. The van der Waals surface area contributed by atoms with Gasteiger partial charge in [0.15, 0.2) is 0 Å². The molecule has 1 aromatic carbocycles. The van der Waals surface area contributed by atoms with Gasteiger partial charge in [0.2, 0.25) is 11.8 Å². The molecule has 6 nitrogen and oxygen atoms in total. The first kappa shape index (κ1) is 16.2. The van der Waals surface area contributed by atoms with Crippen molar-refractivity contribution in [2.24, 2.45) is 0 Å². The maximum atomic E-state index is 12.6. The van der Waals surface area contributed by atoms with Gasteiger partial charge in [0.05, 0.1) is 12.1 Å². The number of carbonyl (C=O) groups is 2. The van der Waals surface area contributed by atoms with Crippen molar-refractivity contribution in [3.63, 3.8) is 0 Å². The van der Waals surface area contributed by atoms with Gasteiger partial charge in [-0.05, 0) is 38.3 Å². The normalized spacial score (nSPS) is 17.7. The van der Waals surface area contributed by atoms with Gasteiger partial charge in [-0.25, -0.2) is 9.78 Å². The average Bonchev–Trinajstić information content (AvgIpc) is 2.96. The van der Waals surface area contributed by atoms with Crippen LogP contribution in [0.5, 0.6) is 0 Å². The van der Waals surface area contributed by atoms with Gasteiger partial charge in [0.25, 0.3) is 0 Å². The number of carboxylic acid groups (broad SMARTS) is 1. The van der Waals surface area contributed by atoms with Crippen molar-refractivity contribution >= 4 is 11.9 Å². The van der Waals surface area contributed by atoms with Crippen LogP contribution in [-0.2, 0) is 16.0 Å². The van der Waals surface area contributed by atoms with Crippen LogP contribution in [0.25, 0.3) is 11.5 Å². The third-order valence-electron chi connectivity index (χ3n) is 4.34. The Kier molecular flexibility index (Phi) is 4.64. The quantitative estimate of drug-likeness (QED) is 0.933. The fourth-order valence-corrected chi connectivity index (χ4v) is 3.03. The number of hydrogen-bond donors (Lipinski definition) is 1. The van der Waals surface area contributed by atoms with Gasteiger partial charge in [-0.15, -0.1) is 0 Å². The van der Waals surface area contributed by atoms with E-state index < -0.39 is 12.0 Å². The first-order valence-corrected chi connectivity index (χ1v) is 8.10. The molecule has 2 aromatic rings. The highest BCUT2D eigenvalue weighted by molar-refractivity contribution is 5.85. The number of carbonyl (C=O) groups excluding carboxylic acids is 1. The van der Waals surface area contributed by atoms with Crippen LogP contribution in [0.4, 0.5) is 0 Å². The molecule has 0 radical (unpaired) electrons. The van der Waals surface area contributed by atoms with E-state index in [0.717, 1.165) is 18.4 Å². The summed E-state index contributed by atoms with van der Waals surface area (Å²) in [6.45, 7) is 2.26. The maximum Gasteiger partial charge on any atom is 0.326 e. The summed E-state index contributed by atoms with van der Waals surface area (Å²) in [5.41, 5.74) is 1.41. The van der Waals surface area contributed by atoms with Crippen molar-refractivity contribution < 1.29 is 19.1 Å². The van der Waals surface area contributed by atoms with Gasteiger partial charge in [0, 0.05) is 12.1 Å². The summed E-state index contributed by atoms with van der Waals surface area (Å²) >= 11 is 0. The first-order chi connectivity index (χ1) is 11.6. The van der Waals surface area contributed by atoms with Crippen molar-refractivity contribution in [1.82, 2.24) is 9.88 Å². The predicted molar refractivity (Wildman–Crippen MR) is 87.4 cm³/mol. The van der Waals surface area contributed by atoms with Crippen LogP contribution in [0.2, 0.25) is 0 Å². The third kappa shape index (κ3) is 3.32. The van der Waals surface area contributed by atoms with Crippen LogP contribution in [0.3, 0.4) is 0 Å². The molecule has 0 saturated carbocycles. The Morgan fingerprint density at radius 1 is 1.29 bits per heavy atom. The third-order valence-corrected chi connectivity index (χ3v) is 4.34. The number of nitrogens with zero attached hydrogens (tertiary/aromatic N) is 2. The fraction of sp³-hybridized carbons (Fsp3) is 0.389. The lowest BCUT2D eigenvalue weighted by Gasteiger charge is -2.32. The highest BCUT2D eigenvalue weighted by Crippen LogP contribution is 2.23. The molecule has 1 aromatic heterocycles. The van der Waals surface area contributed by atoms with Crippen molar-refractivity contribution in [3.8, 4) is 11.5 Å². The van der Waals surface area contributed by atoms with E-state index in [1.54, 1.807) is 6.92 Å². The van der Waals surface area contributed by atoms with E-state index in [-0.39, 0.29) is 12.3 Å². The van der Waals surface area contributed by atoms with Crippen LogP contribution in [0, 0.1) is 6.92 Å². The summed E-state index contributed by atoms with van der Waals surface area (Å²) in [7, 11) is 0. The Bertz CT molecular complexity index is 739. The highest BCUT2D eigenvalue weighted by atomic mass is 16.4. The Morgan fingerprint density at radius 3 is 2.75 bits per heavy atom. The minimum Gasteiger partial charge on any atom is -0.480 e. The summed E-state index contributed by atoms with van der Waals surface area (Å²) in [6, 6.07) is 8.75. The Labute approximate surface area is 140 Å². The lowest BCUT2D eigenvalue weighted by atomic mass is 10.0. The number of piperidine rings is 1. The largest absolute Gasteiger partial charge is 0.480 e. The van der Waals surface area contributed by atoms with E-state index >= 15 is 0 Å². The molecular weight excluding hydrogens is 308 g/mol. The molecule has 126 valence electrons. The SMILES string of the molecule is Cc1oc(-c2ccccc2)nc1CC(=O)N1CCCC[C@@H]1C(=O)O. The number of aliphatic carboxylic acids is 1. The Hall–Kier alpha value is -2.63. The zero-order chi connectivity index (χ0) is 17.1. The zero-order valence-corrected chi connectivity index (χ0v) is 13.6. The van der Waals surface area contributed by atoms with Crippen molar-refractivity contribution in [3.05, 3.63) is 41.8 Å². The van der Waals surface area contributed by atoms with Gasteiger partial charge in [-0.2, -0.15) is 0 Å². The number of hydrogen-bond acceptors (Lipinski definition) is 4.